The fourth-order valence-corrected chi connectivity index (χ4v) is 4.34. The lowest BCUT2D eigenvalue weighted by Crippen LogP contribution is -2.29. The summed E-state index contributed by atoms with van der Waals surface area (Å²) in [6, 6.07) is 16.8. The Labute approximate surface area is 219 Å². The zero-order valence-corrected chi connectivity index (χ0v) is 21.4. The molecule has 0 radical (unpaired) electrons. The molecule has 1 atom stereocenters. The average Bonchev–Trinajstić information content (AvgIpc) is 3.22. The van der Waals surface area contributed by atoms with Gasteiger partial charge in [0.2, 0.25) is 0 Å². The standard InChI is InChI=1S/C29H27NO8/c1-5-38-29(34)17-9-11-19(12-10-17)30-25(18-7-6-8-20(15-18)35-2)24(27(32)28(30)33)26(31)22-14-13-21(36-3)16-23(22)37-4/h6-16,25,31H,5H2,1-4H3/b26-24-. The predicted molar refractivity (Wildman–Crippen MR) is 140 cm³/mol. The second-order valence-corrected chi connectivity index (χ2v) is 8.28. The molecule has 1 aliphatic heterocycles. The van der Waals surface area contributed by atoms with E-state index in [1.165, 1.54) is 38.4 Å². The number of carbonyl (C=O) groups excluding carboxylic acids is 3. The van der Waals surface area contributed by atoms with E-state index in [1.807, 2.05) is 0 Å². The summed E-state index contributed by atoms with van der Waals surface area (Å²) in [6.07, 6.45) is 0. The molecular formula is C29H27NO8. The number of ether oxygens (including phenoxy) is 4. The zero-order chi connectivity index (χ0) is 27.4. The molecule has 0 bridgehead atoms. The molecule has 196 valence electrons. The number of benzene rings is 3. The van der Waals surface area contributed by atoms with Crippen molar-refractivity contribution >= 4 is 29.1 Å². The zero-order valence-electron chi connectivity index (χ0n) is 21.4. The quantitative estimate of drug-likeness (QED) is 0.201. The number of carbonyl (C=O) groups is 3. The van der Waals surface area contributed by atoms with Crippen LogP contribution in [0.1, 0.15) is 34.5 Å². The highest BCUT2D eigenvalue weighted by Gasteiger charge is 2.47. The fourth-order valence-electron chi connectivity index (χ4n) is 4.34. The summed E-state index contributed by atoms with van der Waals surface area (Å²) < 4.78 is 21.1. The van der Waals surface area contributed by atoms with E-state index in [1.54, 1.807) is 61.5 Å². The topological polar surface area (TPSA) is 112 Å². The number of Topliss-reactive ketones (excluding diaryl/α,β-unsaturated/α-hetero) is 1. The molecule has 1 heterocycles. The molecule has 1 saturated heterocycles. The van der Waals surface area contributed by atoms with Gasteiger partial charge in [-0.1, -0.05) is 12.1 Å². The lowest BCUT2D eigenvalue weighted by atomic mass is 9.94. The fraction of sp³-hybridized carbons (Fsp3) is 0.207. The molecule has 1 fully saturated rings. The Kier molecular flexibility index (Phi) is 7.66. The molecule has 0 spiro atoms. The van der Waals surface area contributed by atoms with Crippen LogP contribution in [0.2, 0.25) is 0 Å². The van der Waals surface area contributed by atoms with Gasteiger partial charge in [0.25, 0.3) is 11.7 Å². The molecule has 9 nitrogen and oxygen atoms in total. The number of rotatable bonds is 8. The molecule has 4 rings (SSSR count). The van der Waals surface area contributed by atoms with E-state index < -0.39 is 29.5 Å². The van der Waals surface area contributed by atoms with Crippen molar-refractivity contribution in [3.8, 4) is 17.2 Å². The minimum atomic E-state index is -0.995. The minimum Gasteiger partial charge on any atom is -0.507 e. The Bertz CT molecular complexity index is 1410. The molecule has 0 aliphatic carbocycles. The summed E-state index contributed by atoms with van der Waals surface area (Å²) in [4.78, 5) is 40.3. The summed E-state index contributed by atoms with van der Waals surface area (Å²) in [7, 11) is 4.43. The Balaban J connectivity index is 1.91. The van der Waals surface area contributed by atoms with E-state index >= 15 is 0 Å². The predicted octanol–water partition coefficient (Wildman–Crippen LogP) is 4.52. The third kappa shape index (κ3) is 4.78. The van der Waals surface area contributed by atoms with Crippen LogP contribution in [0, 0.1) is 0 Å². The Morgan fingerprint density at radius 2 is 1.58 bits per heavy atom. The van der Waals surface area contributed by atoms with Crippen LogP contribution >= 0.6 is 0 Å². The van der Waals surface area contributed by atoms with E-state index in [0.29, 0.717) is 28.3 Å². The summed E-state index contributed by atoms with van der Waals surface area (Å²) >= 11 is 0. The number of aliphatic hydroxyl groups excluding tert-OH is 1. The van der Waals surface area contributed by atoms with E-state index in [9.17, 15) is 19.5 Å². The first-order valence-electron chi connectivity index (χ1n) is 11.8. The normalized spacial score (nSPS) is 16.3. The minimum absolute atomic E-state index is 0.124. The van der Waals surface area contributed by atoms with Gasteiger partial charge >= 0.3 is 5.97 Å². The van der Waals surface area contributed by atoms with Crippen molar-refractivity contribution in [1.29, 1.82) is 0 Å². The molecule has 3 aromatic carbocycles. The van der Waals surface area contributed by atoms with Crippen molar-refractivity contribution in [2.75, 3.05) is 32.8 Å². The van der Waals surface area contributed by atoms with Gasteiger partial charge in [0.1, 0.15) is 23.0 Å². The molecule has 3 aromatic rings. The average molecular weight is 518 g/mol. The van der Waals surface area contributed by atoms with Crippen LogP contribution in [-0.4, -0.2) is 50.7 Å². The summed E-state index contributed by atoms with van der Waals surface area (Å²) in [5.41, 5.74) is 1.28. The van der Waals surface area contributed by atoms with Gasteiger partial charge in [-0.05, 0) is 61.0 Å². The number of hydrogen-bond donors (Lipinski definition) is 1. The van der Waals surface area contributed by atoms with Crippen LogP contribution in [-0.2, 0) is 14.3 Å². The Morgan fingerprint density at radius 3 is 2.21 bits per heavy atom. The summed E-state index contributed by atoms with van der Waals surface area (Å²) in [5.74, 6) is -1.36. The van der Waals surface area contributed by atoms with Crippen LogP contribution in [0.4, 0.5) is 5.69 Å². The third-order valence-electron chi connectivity index (χ3n) is 6.17. The number of hydrogen-bond acceptors (Lipinski definition) is 8. The van der Waals surface area contributed by atoms with Gasteiger partial charge in [0.15, 0.2) is 0 Å². The molecule has 1 amide bonds. The number of esters is 1. The van der Waals surface area contributed by atoms with Crippen LogP contribution in [0.25, 0.3) is 5.76 Å². The van der Waals surface area contributed by atoms with Crippen molar-refractivity contribution in [3.63, 3.8) is 0 Å². The molecule has 1 unspecified atom stereocenters. The lowest BCUT2D eigenvalue weighted by Gasteiger charge is -2.26. The van der Waals surface area contributed by atoms with Crippen molar-refractivity contribution in [1.82, 2.24) is 0 Å². The molecule has 1 N–H and O–H groups in total. The largest absolute Gasteiger partial charge is 0.507 e. The van der Waals surface area contributed by atoms with E-state index in [4.69, 9.17) is 18.9 Å². The van der Waals surface area contributed by atoms with Crippen LogP contribution in [0.3, 0.4) is 0 Å². The molecule has 0 aromatic heterocycles. The second-order valence-electron chi connectivity index (χ2n) is 8.28. The van der Waals surface area contributed by atoms with Crippen molar-refractivity contribution in [2.45, 2.75) is 13.0 Å². The maximum atomic E-state index is 13.4. The first-order chi connectivity index (χ1) is 18.3. The van der Waals surface area contributed by atoms with Gasteiger partial charge in [-0.25, -0.2) is 4.79 Å². The van der Waals surface area contributed by atoms with Crippen molar-refractivity contribution in [3.05, 3.63) is 89.0 Å². The van der Waals surface area contributed by atoms with E-state index in [2.05, 4.69) is 0 Å². The van der Waals surface area contributed by atoms with E-state index in [-0.39, 0.29) is 23.5 Å². The SMILES string of the molecule is CCOC(=O)c1ccc(N2C(=O)C(=O)/C(=C(\O)c3ccc(OC)cc3OC)C2c2cccc(OC)c2)cc1. The molecule has 0 saturated carbocycles. The summed E-state index contributed by atoms with van der Waals surface area (Å²) in [5, 5.41) is 11.4. The second kappa shape index (κ2) is 11.1. The lowest BCUT2D eigenvalue weighted by molar-refractivity contribution is -0.132. The van der Waals surface area contributed by atoms with Gasteiger partial charge in [-0.15, -0.1) is 0 Å². The number of ketones is 1. The van der Waals surface area contributed by atoms with Gasteiger partial charge in [0, 0.05) is 11.8 Å². The Hall–Kier alpha value is -4.79. The van der Waals surface area contributed by atoms with E-state index in [0.717, 1.165) is 0 Å². The number of anilines is 1. The number of aliphatic hydroxyl groups is 1. The first kappa shape index (κ1) is 26.3. The van der Waals surface area contributed by atoms with Crippen LogP contribution in [0.15, 0.2) is 72.3 Å². The smallest absolute Gasteiger partial charge is 0.338 e. The number of nitrogens with zero attached hydrogens (tertiary/aromatic N) is 1. The maximum Gasteiger partial charge on any atom is 0.338 e. The first-order valence-corrected chi connectivity index (χ1v) is 11.8. The Morgan fingerprint density at radius 1 is 0.895 bits per heavy atom. The number of methoxy groups -OCH3 is 3. The highest BCUT2D eigenvalue weighted by Crippen LogP contribution is 2.44. The monoisotopic (exact) mass is 517 g/mol. The highest BCUT2D eigenvalue weighted by molar-refractivity contribution is 6.51. The summed E-state index contributed by atoms with van der Waals surface area (Å²) in [6.45, 7) is 1.93. The van der Waals surface area contributed by atoms with Crippen LogP contribution in [0.5, 0.6) is 17.2 Å². The molecular weight excluding hydrogens is 490 g/mol. The number of amides is 1. The van der Waals surface area contributed by atoms with Gasteiger partial charge in [-0.3, -0.25) is 14.5 Å². The van der Waals surface area contributed by atoms with Gasteiger partial charge in [0.05, 0.1) is 50.7 Å². The third-order valence-corrected chi connectivity index (χ3v) is 6.17. The molecule has 9 heteroatoms. The van der Waals surface area contributed by atoms with Crippen LogP contribution < -0.4 is 19.1 Å². The van der Waals surface area contributed by atoms with Gasteiger partial charge in [-0.2, -0.15) is 0 Å². The maximum absolute atomic E-state index is 13.4. The van der Waals surface area contributed by atoms with Gasteiger partial charge < -0.3 is 24.1 Å². The molecule has 38 heavy (non-hydrogen) atoms. The molecule has 1 aliphatic rings. The van der Waals surface area contributed by atoms with Crippen molar-refractivity contribution in [2.24, 2.45) is 0 Å². The van der Waals surface area contributed by atoms with Crippen molar-refractivity contribution < 1.29 is 38.4 Å². The highest BCUT2D eigenvalue weighted by atomic mass is 16.5.